The van der Waals surface area contributed by atoms with Crippen LogP contribution in [0.1, 0.15) is 30.1 Å². The van der Waals surface area contributed by atoms with Gasteiger partial charge >= 0.3 is 5.97 Å². The van der Waals surface area contributed by atoms with Crippen molar-refractivity contribution in [2.75, 3.05) is 18.4 Å². The Labute approximate surface area is 138 Å². The third kappa shape index (κ3) is 5.07. The van der Waals surface area contributed by atoms with Crippen LogP contribution in [0.15, 0.2) is 35.8 Å². The first-order valence-corrected chi connectivity index (χ1v) is 8.25. The normalized spacial score (nSPS) is 10.3. The fourth-order valence-corrected chi connectivity index (χ4v) is 2.69. The standard InChI is InChI=1S/C16H19N3O3S/c1-2-8-19(9-6-14(20)21)15(22)12-4-3-5-13(11-12)18-16-17-7-10-23-16/h3-5,7,10-11H,2,6,8-9H2,1H3,(H,17,18)(H,20,21). The number of carbonyl (C=O) groups excluding carboxylic acids is 1. The third-order valence-corrected chi connectivity index (χ3v) is 3.86. The Morgan fingerprint density at radius 1 is 1.35 bits per heavy atom. The number of nitrogens with zero attached hydrogens (tertiary/aromatic N) is 2. The highest BCUT2D eigenvalue weighted by molar-refractivity contribution is 7.13. The highest BCUT2D eigenvalue weighted by Crippen LogP contribution is 2.20. The van der Waals surface area contributed by atoms with Gasteiger partial charge in [-0.3, -0.25) is 9.59 Å². The summed E-state index contributed by atoms with van der Waals surface area (Å²) in [6, 6.07) is 7.15. The van der Waals surface area contributed by atoms with Crippen LogP contribution in [0.4, 0.5) is 10.8 Å². The Morgan fingerprint density at radius 2 is 2.17 bits per heavy atom. The minimum Gasteiger partial charge on any atom is -0.481 e. The zero-order valence-electron chi connectivity index (χ0n) is 12.9. The molecule has 0 aliphatic carbocycles. The molecule has 0 saturated heterocycles. The number of anilines is 2. The van der Waals surface area contributed by atoms with Gasteiger partial charge in [0.15, 0.2) is 5.13 Å². The number of aromatic nitrogens is 1. The lowest BCUT2D eigenvalue weighted by molar-refractivity contribution is -0.137. The summed E-state index contributed by atoms with van der Waals surface area (Å²) >= 11 is 1.47. The van der Waals surface area contributed by atoms with E-state index in [1.54, 1.807) is 29.3 Å². The lowest BCUT2D eigenvalue weighted by Crippen LogP contribution is -2.33. The van der Waals surface area contributed by atoms with Crippen LogP contribution in [0.2, 0.25) is 0 Å². The van der Waals surface area contributed by atoms with Crippen molar-refractivity contribution >= 4 is 34.0 Å². The number of thiazole rings is 1. The molecule has 0 unspecified atom stereocenters. The Kier molecular flexibility index (Phi) is 6.10. The van der Waals surface area contributed by atoms with Crippen LogP contribution in [-0.4, -0.2) is 40.0 Å². The molecule has 6 nitrogen and oxygen atoms in total. The van der Waals surface area contributed by atoms with Gasteiger partial charge in [-0.15, -0.1) is 11.3 Å². The van der Waals surface area contributed by atoms with E-state index in [4.69, 9.17) is 5.11 Å². The molecule has 0 fully saturated rings. The summed E-state index contributed by atoms with van der Waals surface area (Å²) in [4.78, 5) is 29.1. The molecule has 0 radical (unpaired) electrons. The maximum Gasteiger partial charge on any atom is 0.305 e. The van der Waals surface area contributed by atoms with Gasteiger partial charge in [-0.1, -0.05) is 13.0 Å². The second-order valence-corrected chi connectivity index (χ2v) is 5.87. The topological polar surface area (TPSA) is 82.5 Å². The molecule has 2 rings (SSSR count). The predicted octanol–water partition coefficient (Wildman–Crippen LogP) is 3.21. The van der Waals surface area contributed by atoms with Crippen LogP contribution in [0.25, 0.3) is 0 Å². The fourth-order valence-electron chi connectivity index (χ4n) is 2.14. The van der Waals surface area contributed by atoms with E-state index >= 15 is 0 Å². The zero-order chi connectivity index (χ0) is 16.7. The van der Waals surface area contributed by atoms with Gasteiger partial charge in [0.25, 0.3) is 5.91 Å². The predicted molar refractivity (Wildman–Crippen MR) is 90.3 cm³/mol. The van der Waals surface area contributed by atoms with Crippen LogP contribution < -0.4 is 5.32 Å². The summed E-state index contributed by atoms with van der Waals surface area (Å²) < 4.78 is 0. The molecule has 1 aromatic heterocycles. The molecule has 0 aliphatic heterocycles. The number of amides is 1. The van der Waals surface area contributed by atoms with Crippen molar-refractivity contribution in [2.24, 2.45) is 0 Å². The highest BCUT2D eigenvalue weighted by atomic mass is 32.1. The van der Waals surface area contributed by atoms with E-state index < -0.39 is 5.97 Å². The minimum absolute atomic E-state index is 0.0528. The van der Waals surface area contributed by atoms with Crippen LogP contribution in [0.5, 0.6) is 0 Å². The molecule has 0 atom stereocenters. The van der Waals surface area contributed by atoms with E-state index in [2.05, 4.69) is 10.3 Å². The number of nitrogens with one attached hydrogen (secondary N) is 1. The molecule has 1 amide bonds. The monoisotopic (exact) mass is 333 g/mol. The maximum absolute atomic E-state index is 12.6. The minimum atomic E-state index is -0.905. The Balaban J connectivity index is 2.11. The third-order valence-electron chi connectivity index (χ3n) is 3.17. The van der Waals surface area contributed by atoms with Gasteiger partial charge in [0.1, 0.15) is 0 Å². The molecule has 2 aromatic rings. The van der Waals surface area contributed by atoms with Crippen molar-refractivity contribution in [3.05, 3.63) is 41.4 Å². The Hall–Kier alpha value is -2.41. The maximum atomic E-state index is 12.6. The number of carbonyl (C=O) groups is 2. The van der Waals surface area contributed by atoms with Gasteiger partial charge in [0.05, 0.1) is 6.42 Å². The molecule has 0 bridgehead atoms. The summed E-state index contributed by atoms with van der Waals surface area (Å²) in [5.74, 6) is -1.06. The van der Waals surface area contributed by atoms with Crippen LogP contribution >= 0.6 is 11.3 Å². The van der Waals surface area contributed by atoms with Crippen molar-refractivity contribution in [3.8, 4) is 0 Å². The van der Waals surface area contributed by atoms with Crippen molar-refractivity contribution in [2.45, 2.75) is 19.8 Å². The quantitative estimate of drug-likeness (QED) is 0.775. The largest absolute Gasteiger partial charge is 0.481 e. The summed E-state index contributed by atoms with van der Waals surface area (Å²) in [5, 5.41) is 14.6. The van der Waals surface area contributed by atoms with Gasteiger partial charge < -0.3 is 15.3 Å². The summed E-state index contributed by atoms with van der Waals surface area (Å²) in [6.07, 6.45) is 2.43. The number of benzene rings is 1. The zero-order valence-corrected chi connectivity index (χ0v) is 13.7. The second kappa shape index (κ2) is 8.28. The van der Waals surface area contributed by atoms with E-state index in [-0.39, 0.29) is 18.9 Å². The van der Waals surface area contributed by atoms with Crippen LogP contribution in [0.3, 0.4) is 0 Å². The van der Waals surface area contributed by atoms with E-state index in [0.29, 0.717) is 12.1 Å². The number of carboxylic acid groups (broad SMARTS) is 1. The molecule has 0 spiro atoms. The SMILES string of the molecule is CCCN(CCC(=O)O)C(=O)c1cccc(Nc2nccs2)c1. The number of rotatable bonds is 8. The summed E-state index contributed by atoms with van der Waals surface area (Å²) in [5.41, 5.74) is 1.31. The van der Waals surface area contributed by atoms with Crippen molar-refractivity contribution in [3.63, 3.8) is 0 Å². The Bertz CT molecular complexity index is 658. The van der Waals surface area contributed by atoms with Crippen molar-refractivity contribution in [1.82, 2.24) is 9.88 Å². The average Bonchev–Trinajstić information content (AvgIpc) is 3.04. The number of aliphatic carboxylic acids is 1. The summed E-state index contributed by atoms with van der Waals surface area (Å²) in [6.45, 7) is 2.71. The number of hydrogen-bond acceptors (Lipinski definition) is 5. The molecule has 2 N–H and O–H groups in total. The molecule has 23 heavy (non-hydrogen) atoms. The number of hydrogen-bond donors (Lipinski definition) is 2. The van der Waals surface area contributed by atoms with E-state index in [1.165, 1.54) is 11.3 Å². The molecule has 0 aliphatic rings. The first-order chi connectivity index (χ1) is 11.1. The lowest BCUT2D eigenvalue weighted by atomic mass is 10.1. The smallest absolute Gasteiger partial charge is 0.305 e. The fraction of sp³-hybridized carbons (Fsp3) is 0.312. The van der Waals surface area contributed by atoms with Gasteiger partial charge in [0, 0.05) is 35.9 Å². The summed E-state index contributed by atoms with van der Waals surface area (Å²) in [7, 11) is 0. The molecular formula is C16H19N3O3S. The second-order valence-electron chi connectivity index (χ2n) is 4.98. The van der Waals surface area contributed by atoms with Crippen molar-refractivity contribution in [1.29, 1.82) is 0 Å². The molecule has 1 heterocycles. The molecular weight excluding hydrogens is 314 g/mol. The molecule has 1 aromatic carbocycles. The number of carboxylic acids is 1. The molecule has 7 heteroatoms. The van der Waals surface area contributed by atoms with Crippen LogP contribution in [-0.2, 0) is 4.79 Å². The van der Waals surface area contributed by atoms with Gasteiger partial charge in [0.2, 0.25) is 0 Å². The first-order valence-electron chi connectivity index (χ1n) is 7.37. The van der Waals surface area contributed by atoms with Gasteiger partial charge in [-0.25, -0.2) is 4.98 Å². The first kappa shape index (κ1) is 17.0. The van der Waals surface area contributed by atoms with E-state index in [1.807, 2.05) is 18.4 Å². The Morgan fingerprint density at radius 3 is 2.83 bits per heavy atom. The average molecular weight is 333 g/mol. The molecule has 0 saturated carbocycles. The van der Waals surface area contributed by atoms with Crippen molar-refractivity contribution < 1.29 is 14.7 Å². The lowest BCUT2D eigenvalue weighted by Gasteiger charge is -2.21. The van der Waals surface area contributed by atoms with E-state index in [0.717, 1.165) is 17.2 Å². The van der Waals surface area contributed by atoms with Gasteiger partial charge in [-0.05, 0) is 24.6 Å². The van der Waals surface area contributed by atoms with Gasteiger partial charge in [-0.2, -0.15) is 0 Å². The highest BCUT2D eigenvalue weighted by Gasteiger charge is 2.16. The van der Waals surface area contributed by atoms with E-state index in [9.17, 15) is 9.59 Å². The van der Waals surface area contributed by atoms with Crippen LogP contribution in [0, 0.1) is 0 Å². The molecule has 122 valence electrons.